The van der Waals surface area contributed by atoms with Crippen molar-refractivity contribution in [3.8, 4) is 5.75 Å². The van der Waals surface area contributed by atoms with Gasteiger partial charge in [-0.05, 0) is 37.5 Å². The molecule has 4 N–H and O–H groups in total. The Morgan fingerprint density at radius 1 is 1.18 bits per heavy atom. The maximum atomic E-state index is 10.7. The van der Waals surface area contributed by atoms with Crippen molar-refractivity contribution in [1.29, 1.82) is 0 Å². The molecule has 7 heteroatoms. The van der Waals surface area contributed by atoms with Crippen LogP contribution in [0.4, 0.5) is 0 Å². The highest BCUT2D eigenvalue weighted by Crippen LogP contribution is 2.40. The highest BCUT2D eigenvalue weighted by molar-refractivity contribution is 5.78. The second-order valence-corrected chi connectivity index (χ2v) is 7.83. The Labute approximate surface area is 162 Å². The van der Waals surface area contributed by atoms with Crippen LogP contribution in [0.1, 0.15) is 41.7 Å². The molecule has 7 nitrogen and oxygen atoms in total. The standard InChI is InChI=1S/C21H24N4O3/c1-11-13-7-8-25(21(13)24-10-23-11)15-9-17(20(27)19(15)26)28-16-4-2-3-12-5-6-14(22)18(12)16/h2-4,7-8,10,14-15,17,19-20,26-27H,5-6,9,22H2,1H3/t14-,15?,17?,19-,20+/m0/s1. The predicted octanol–water partition coefficient (Wildman–Crippen LogP) is 1.80. The van der Waals surface area contributed by atoms with Gasteiger partial charge in [-0.25, -0.2) is 9.97 Å². The third-order valence-electron chi connectivity index (χ3n) is 6.19. The minimum Gasteiger partial charge on any atom is -0.487 e. The Hall–Kier alpha value is -2.48. The quantitative estimate of drug-likeness (QED) is 0.640. The van der Waals surface area contributed by atoms with Crippen LogP contribution >= 0.6 is 0 Å². The van der Waals surface area contributed by atoms with Crippen LogP contribution in [0.15, 0.2) is 36.8 Å². The van der Waals surface area contributed by atoms with Crippen molar-refractivity contribution in [2.75, 3.05) is 0 Å². The highest BCUT2D eigenvalue weighted by atomic mass is 16.5. The topological polar surface area (TPSA) is 106 Å². The number of fused-ring (bicyclic) bond motifs is 2. The van der Waals surface area contributed by atoms with Crippen LogP contribution in [-0.4, -0.2) is 43.1 Å². The molecule has 2 heterocycles. The number of aliphatic hydroxyl groups is 2. The van der Waals surface area contributed by atoms with Crippen LogP contribution in [0.3, 0.4) is 0 Å². The number of nitrogens with zero attached hydrogens (tertiary/aromatic N) is 3. The molecule has 146 valence electrons. The molecule has 28 heavy (non-hydrogen) atoms. The highest BCUT2D eigenvalue weighted by Gasteiger charge is 2.44. The van der Waals surface area contributed by atoms with E-state index < -0.39 is 18.3 Å². The van der Waals surface area contributed by atoms with Crippen LogP contribution in [0.5, 0.6) is 5.75 Å². The molecule has 0 radical (unpaired) electrons. The lowest BCUT2D eigenvalue weighted by molar-refractivity contribution is -0.0166. The molecule has 0 bridgehead atoms. The van der Waals surface area contributed by atoms with E-state index in [4.69, 9.17) is 10.5 Å². The van der Waals surface area contributed by atoms with E-state index in [1.54, 1.807) is 0 Å². The lowest BCUT2D eigenvalue weighted by Gasteiger charge is -2.21. The maximum absolute atomic E-state index is 10.7. The lowest BCUT2D eigenvalue weighted by Crippen LogP contribution is -2.34. The van der Waals surface area contributed by atoms with Gasteiger partial charge in [0.25, 0.3) is 0 Å². The van der Waals surface area contributed by atoms with Gasteiger partial charge < -0.3 is 25.3 Å². The van der Waals surface area contributed by atoms with Gasteiger partial charge in [0.2, 0.25) is 0 Å². The van der Waals surface area contributed by atoms with E-state index in [0.717, 1.165) is 40.9 Å². The van der Waals surface area contributed by atoms with Gasteiger partial charge >= 0.3 is 0 Å². The van der Waals surface area contributed by atoms with Crippen LogP contribution in [-0.2, 0) is 6.42 Å². The summed E-state index contributed by atoms with van der Waals surface area (Å²) < 4.78 is 8.12. The summed E-state index contributed by atoms with van der Waals surface area (Å²) in [4.78, 5) is 8.59. The van der Waals surface area contributed by atoms with Gasteiger partial charge in [0.1, 0.15) is 36.0 Å². The fourth-order valence-electron chi connectivity index (χ4n) is 4.67. The van der Waals surface area contributed by atoms with Crippen molar-refractivity contribution >= 4 is 11.0 Å². The molecule has 3 aromatic rings. The molecule has 0 amide bonds. The molecular formula is C21H24N4O3. The molecule has 0 saturated heterocycles. The average Bonchev–Trinajstić information content (AvgIpc) is 3.36. The van der Waals surface area contributed by atoms with Gasteiger partial charge in [0, 0.05) is 29.6 Å². The molecule has 5 rings (SSSR count). The van der Waals surface area contributed by atoms with Crippen molar-refractivity contribution in [2.45, 2.75) is 56.6 Å². The fraction of sp³-hybridized carbons (Fsp3) is 0.429. The molecule has 0 spiro atoms. The van der Waals surface area contributed by atoms with Crippen LogP contribution in [0.25, 0.3) is 11.0 Å². The molecule has 2 aromatic heterocycles. The Morgan fingerprint density at radius 3 is 2.89 bits per heavy atom. The van der Waals surface area contributed by atoms with Gasteiger partial charge in [-0.1, -0.05) is 12.1 Å². The van der Waals surface area contributed by atoms with Gasteiger partial charge in [0.15, 0.2) is 0 Å². The number of nitrogens with two attached hydrogens (primary N) is 1. The minimum absolute atomic E-state index is 0.0430. The van der Waals surface area contributed by atoms with Gasteiger partial charge in [0.05, 0.1) is 11.7 Å². The molecule has 1 fully saturated rings. The number of rotatable bonds is 3. The van der Waals surface area contributed by atoms with Gasteiger partial charge in [-0.15, -0.1) is 0 Å². The summed E-state index contributed by atoms with van der Waals surface area (Å²) in [5.74, 6) is 0.718. The first kappa shape index (κ1) is 17.6. The number of aryl methyl sites for hydroxylation is 2. The van der Waals surface area contributed by atoms with Crippen LogP contribution in [0, 0.1) is 6.92 Å². The Bertz CT molecular complexity index is 1030. The summed E-state index contributed by atoms with van der Waals surface area (Å²) in [5.41, 5.74) is 10.1. The van der Waals surface area contributed by atoms with E-state index >= 15 is 0 Å². The fourth-order valence-corrected chi connectivity index (χ4v) is 4.67. The lowest BCUT2D eigenvalue weighted by atomic mass is 10.1. The smallest absolute Gasteiger partial charge is 0.143 e. The first-order chi connectivity index (χ1) is 13.5. The van der Waals surface area contributed by atoms with Crippen LogP contribution < -0.4 is 10.5 Å². The van der Waals surface area contributed by atoms with E-state index in [1.165, 1.54) is 11.9 Å². The molecule has 2 unspecified atom stereocenters. The Kier molecular flexibility index (Phi) is 4.12. The summed E-state index contributed by atoms with van der Waals surface area (Å²) in [7, 11) is 0. The van der Waals surface area contributed by atoms with Crippen molar-refractivity contribution in [3.63, 3.8) is 0 Å². The van der Waals surface area contributed by atoms with E-state index in [0.29, 0.717) is 6.42 Å². The number of aliphatic hydroxyl groups excluding tert-OH is 2. The Morgan fingerprint density at radius 2 is 2.04 bits per heavy atom. The number of hydrogen-bond donors (Lipinski definition) is 3. The zero-order chi connectivity index (χ0) is 19.4. The van der Waals surface area contributed by atoms with Crippen molar-refractivity contribution in [1.82, 2.24) is 14.5 Å². The summed E-state index contributed by atoms with van der Waals surface area (Å²) in [6.45, 7) is 1.93. The van der Waals surface area contributed by atoms with E-state index in [1.807, 2.05) is 35.9 Å². The van der Waals surface area contributed by atoms with Gasteiger partial charge in [-0.3, -0.25) is 0 Å². The predicted molar refractivity (Wildman–Crippen MR) is 104 cm³/mol. The molecule has 2 aliphatic rings. The van der Waals surface area contributed by atoms with E-state index in [2.05, 4.69) is 16.0 Å². The summed E-state index contributed by atoms with van der Waals surface area (Å²) >= 11 is 0. The number of hydrogen-bond acceptors (Lipinski definition) is 6. The summed E-state index contributed by atoms with van der Waals surface area (Å²) in [6, 6.07) is 7.52. The third kappa shape index (κ3) is 2.62. The second kappa shape index (κ2) is 6.55. The summed E-state index contributed by atoms with van der Waals surface area (Å²) in [6.07, 6.45) is 3.30. The Balaban J connectivity index is 1.45. The largest absolute Gasteiger partial charge is 0.487 e. The van der Waals surface area contributed by atoms with Crippen molar-refractivity contribution in [3.05, 3.63) is 53.6 Å². The second-order valence-electron chi connectivity index (χ2n) is 7.83. The van der Waals surface area contributed by atoms with Gasteiger partial charge in [-0.2, -0.15) is 0 Å². The normalized spacial score (nSPS) is 29.4. The zero-order valence-corrected chi connectivity index (χ0v) is 15.7. The number of ether oxygens (including phenoxy) is 1. The molecule has 2 aliphatic carbocycles. The van der Waals surface area contributed by atoms with E-state index in [-0.39, 0.29) is 12.1 Å². The monoisotopic (exact) mass is 380 g/mol. The molecule has 1 aromatic carbocycles. The van der Waals surface area contributed by atoms with Crippen LogP contribution in [0.2, 0.25) is 0 Å². The first-order valence-corrected chi connectivity index (χ1v) is 9.73. The van der Waals surface area contributed by atoms with Crippen molar-refractivity contribution < 1.29 is 14.9 Å². The summed E-state index contributed by atoms with van der Waals surface area (Å²) in [5, 5.41) is 22.4. The first-order valence-electron chi connectivity index (χ1n) is 9.73. The van der Waals surface area contributed by atoms with Crippen molar-refractivity contribution in [2.24, 2.45) is 5.73 Å². The molecular weight excluding hydrogens is 356 g/mol. The third-order valence-corrected chi connectivity index (χ3v) is 6.19. The SMILES string of the molecule is Cc1ncnc2c1ccn2C1CC(Oc2cccc3c2[C@@H](N)CC3)[C@@H](O)[C@H]1O. The zero-order valence-electron chi connectivity index (χ0n) is 15.7. The number of benzene rings is 1. The maximum Gasteiger partial charge on any atom is 0.143 e. The number of aromatic nitrogens is 3. The molecule has 5 atom stereocenters. The molecule has 1 saturated carbocycles. The minimum atomic E-state index is -0.987. The average molecular weight is 380 g/mol. The molecule has 0 aliphatic heterocycles. The van der Waals surface area contributed by atoms with E-state index in [9.17, 15) is 10.2 Å².